The van der Waals surface area contributed by atoms with Crippen LogP contribution >= 0.6 is 0 Å². The first kappa shape index (κ1) is 13.4. The van der Waals surface area contributed by atoms with E-state index in [1.165, 1.54) is 0 Å². The molecule has 0 amide bonds. The van der Waals surface area contributed by atoms with E-state index < -0.39 is 0 Å². The van der Waals surface area contributed by atoms with Crippen molar-refractivity contribution in [1.82, 2.24) is 9.80 Å². The number of piperazine rings is 1. The number of aliphatic hydroxyl groups is 1. The van der Waals surface area contributed by atoms with Gasteiger partial charge >= 0.3 is 0 Å². The molecule has 3 rings (SSSR count). The Morgan fingerprint density at radius 1 is 1.16 bits per heavy atom. The molecule has 0 spiro atoms. The van der Waals surface area contributed by atoms with Crippen LogP contribution in [0.2, 0.25) is 0 Å². The van der Waals surface area contributed by atoms with Crippen molar-refractivity contribution in [3.8, 4) is 6.07 Å². The molecular weight excluding hydrogens is 238 g/mol. The smallest absolute Gasteiger partial charge is 0.0875 e. The van der Waals surface area contributed by atoms with Gasteiger partial charge in [0, 0.05) is 30.6 Å². The molecule has 106 valence electrons. The average Bonchev–Trinajstić information content (AvgIpc) is 3.01. The van der Waals surface area contributed by atoms with Gasteiger partial charge in [-0.15, -0.1) is 0 Å². The van der Waals surface area contributed by atoms with Gasteiger partial charge in [0.1, 0.15) is 0 Å². The summed E-state index contributed by atoms with van der Waals surface area (Å²) in [4.78, 5) is 4.95. The van der Waals surface area contributed by atoms with E-state index in [4.69, 9.17) is 5.26 Å². The number of hydrogen-bond acceptors (Lipinski definition) is 4. The summed E-state index contributed by atoms with van der Waals surface area (Å²) < 4.78 is 0. The minimum absolute atomic E-state index is 0.136. The molecular formula is C15H25N3O. The van der Waals surface area contributed by atoms with E-state index in [9.17, 15) is 5.11 Å². The monoisotopic (exact) mass is 263 g/mol. The number of nitrogens with zero attached hydrogens (tertiary/aromatic N) is 3. The van der Waals surface area contributed by atoms with Gasteiger partial charge in [-0.25, -0.2) is 0 Å². The lowest BCUT2D eigenvalue weighted by Crippen LogP contribution is -2.55. The summed E-state index contributed by atoms with van der Waals surface area (Å²) in [6.07, 6.45) is 2.96. The molecule has 2 heterocycles. The van der Waals surface area contributed by atoms with Crippen molar-refractivity contribution in [2.75, 3.05) is 13.1 Å². The maximum Gasteiger partial charge on any atom is 0.0875 e. The molecule has 1 aliphatic carbocycles. The third-order valence-corrected chi connectivity index (χ3v) is 5.31. The van der Waals surface area contributed by atoms with Gasteiger partial charge in [0.15, 0.2) is 0 Å². The molecule has 0 aromatic rings. The zero-order chi connectivity index (χ0) is 13.8. The van der Waals surface area contributed by atoms with Crippen molar-refractivity contribution in [2.45, 2.75) is 69.8 Å². The minimum Gasteiger partial charge on any atom is -0.390 e. The Balaban J connectivity index is 1.70. The minimum atomic E-state index is -0.208. The predicted molar refractivity (Wildman–Crippen MR) is 73.5 cm³/mol. The summed E-state index contributed by atoms with van der Waals surface area (Å²) in [6, 6.07) is 3.50. The molecule has 1 N–H and O–H groups in total. The summed E-state index contributed by atoms with van der Waals surface area (Å²) in [7, 11) is 0. The van der Waals surface area contributed by atoms with Crippen LogP contribution in [0.1, 0.15) is 40.0 Å². The number of aliphatic hydroxyl groups excluding tert-OH is 1. The molecule has 19 heavy (non-hydrogen) atoms. The SMILES string of the molecule is CC(C)(C)N1CC2C(O)C1CN2C1CCC(C#N)C1. The van der Waals surface area contributed by atoms with Crippen LogP contribution < -0.4 is 0 Å². The number of nitriles is 1. The van der Waals surface area contributed by atoms with Crippen LogP contribution in [0.15, 0.2) is 0 Å². The van der Waals surface area contributed by atoms with E-state index in [2.05, 4.69) is 36.6 Å². The van der Waals surface area contributed by atoms with Gasteiger partial charge in [-0.2, -0.15) is 5.26 Å². The molecule has 0 aromatic carbocycles. The zero-order valence-corrected chi connectivity index (χ0v) is 12.2. The zero-order valence-electron chi connectivity index (χ0n) is 12.2. The lowest BCUT2D eigenvalue weighted by atomic mass is 10.0. The van der Waals surface area contributed by atoms with Gasteiger partial charge in [0.25, 0.3) is 0 Å². The molecule has 0 aromatic heterocycles. The number of rotatable bonds is 1. The van der Waals surface area contributed by atoms with Gasteiger partial charge in [-0.1, -0.05) is 0 Å². The molecule has 4 heteroatoms. The second-order valence-electron chi connectivity index (χ2n) is 7.44. The Kier molecular flexibility index (Phi) is 3.12. The molecule has 2 bridgehead atoms. The van der Waals surface area contributed by atoms with E-state index in [0.29, 0.717) is 6.04 Å². The molecule has 0 radical (unpaired) electrons. The highest BCUT2D eigenvalue weighted by Gasteiger charge is 2.55. The van der Waals surface area contributed by atoms with E-state index >= 15 is 0 Å². The second-order valence-corrected chi connectivity index (χ2v) is 7.44. The first-order valence-electron chi connectivity index (χ1n) is 7.52. The Labute approximate surface area is 116 Å². The Hall–Kier alpha value is -0.630. The summed E-state index contributed by atoms with van der Waals surface area (Å²) in [5.74, 6) is 0.236. The fraction of sp³-hybridized carbons (Fsp3) is 0.933. The van der Waals surface area contributed by atoms with Crippen molar-refractivity contribution < 1.29 is 5.11 Å². The van der Waals surface area contributed by atoms with Gasteiger partial charge in [0.05, 0.1) is 24.3 Å². The van der Waals surface area contributed by atoms with Crippen LogP contribution in [0.3, 0.4) is 0 Å². The summed E-state index contributed by atoms with van der Waals surface area (Å²) in [6.45, 7) is 8.64. The Morgan fingerprint density at radius 2 is 1.89 bits per heavy atom. The quantitative estimate of drug-likeness (QED) is 0.772. The maximum absolute atomic E-state index is 10.5. The fourth-order valence-corrected chi connectivity index (χ4v) is 4.31. The van der Waals surface area contributed by atoms with Crippen molar-refractivity contribution in [3.63, 3.8) is 0 Å². The van der Waals surface area contributed by atoms with Crippen LogP contribution in [0, 0.1) is 17.2 Å². The number of hydrogen-bond donors (Lipinski definition) is 1. The van der Waals surface area contributed by atoms with Gasteiger partial charge in [0.2, 0.25) is 0 Å². The average molecular weight is 263 g/mol. The number of likely N-dealkylation sites (tertiary alicyclic amines) is 2. The van der Waals surface area contributed by atoms with Crippen LogP contribution in [-0.2, 0) is 0 Å². The third-order valence-electron chi connectivity index (χ3n) is 5.31. The molecule has 2 saturated heterocycles. The van der Waals surface area contributed by atoms with Gasteiger partial charge in [-0.3, -0.25) is 9.80 Å². The molecule has 2 aliphatic heterocycles. The fourth-order valence-electron chi connectivity index (χ4n) is 4.31. The Bertz CT molecular complexity index is 397. The van der Waals surface area contributed by atoms with E-state index in [1.807, 2.05) is 0 Å². The van der Waals surface area contributed by atoms with Crippen LogP contribution in [0.25, 0.3) is 0 Å². The highest BCUT2D eigenvalue weighted by Crippen LogP contribution is 2.40. The van der Waals surface area contributed by atoms with Crippen molar-refractivity contribution >= 4 is 0 Å². The molecule has 5 atom stereocenters. The van der Waals surface area contributed by atoms with Crippen LogP contribution in [0.5, 0.6) is 0 Å². The third kappa shape index (κ3) is 2.08. The van der Waals surface area contributed by atoms with E-state index in [0.717, 1.165) is 32.4 Å². The summed E-state index contributed by atoms with van der Waals surface area (Å²) in [5.41, 5.74) is 0.136. The molecule has 3 fully saturated rings. The molecule has 4 nitrogen and oxygen atoms in total. The molecule has 1 saturated carbocycles. The topological polar surface area (TPSA) is 50.5 Å². The molecule has 5 unspecified atom stereocenters. The van der Waals surface area contributed by atoms with E-state index in [1.54, 1.807) is 0 Å². The Morgan fingerprint density at radius 3 is 2.37 bits per heavy atom. The van der Waals surface area contributed by atoms with Gasteiger partial charge in [-0.05, 0) is 40.0 Å². The first-order valence-corrected chi connectivity index (χ1v) is 7.52. The lowest BCUT2D eigenvalue weighted by molar-refractivity contribution is 0.0381. The van der Waals surface area contributed by atoms with Crippen molar-refractivity contribution in [3.05, 3.63) is 0 Å². The van der Waals surface area contributed by atoms with Crippen molar-refractivity contribution in [1.29, 1.82) is 5.26 Å². The van der Waals surface area contributed by atoms with Crippen LogP contribution in [-0.4, -0.2) is 57.8 Å². The van der Waals surface area contributed by atoms with Gasteiger partial charge < -0.3 is 5.11 Å². The summed E-state index contributed by atoms with van der Waals surface area (Å²) in [5, 5.41) is 19.5. The highest BCUT2D eigenvalue weighted by molar-refractivity contribution is 5.11. The summed E-state index contributed by atoms with van der Waals surface area (Å²) >= 11 is 0. The van der Waals surface area contributed by atoms with Crippen molar-refractivity contribution in [2.24, 2.45) is 5.92 Å². The number of fused-ring (bicyclic) bond motifs is 2. The lowest BCUT2D eigenvalue weighted by Gasteiger charge is -2.43. The normalized spacial score (nSPS) is 43.8. The van der Waals surface area contributed by atoms with Crippen LogP contribution in [0.4, 0.5) is 0 Å². The largest absolute Gasteiger partial charge is 0.390 e. The maximum atomic E-state index is 10.5. The highest BCUT2D eigenvalue weighted by atomic mass is 16.3. The first-order chi connectivity index (χ1) is 8.91. The van der Waals surface area contributed by atoms with E-state index in [-0.39, 0.29) is 29.6 Å². The predicted octanol–water partition coefficient (Wildman–Crippen LogP) is 1.21. The standard InChI is InChI=1S/C15H25N3O/c1-15(2,3)18-9-12-14(19)13(18)8-17(12)11-5-4-10(6-11)7-16/h10-14,19H,4-6,8-9H2,1-3H3. The molecule has 3 aliphatic rings. The second kappa shape index (κ2) is 4.44.